The van der Waals surface area contributed by atoms with Gasteiger partial charge in [0.05, 0.1) is 13.2 Å². The third kappa shape index (κ3) is 3.62. The van der Waals surface area contributed by atoms with Gasteiger partial charge in [-0.15, -0.1) is 0 Å². The summed E-state index contributed by atoms with van der Waals surface area (Å²) in [4.78, 5) is 13.9. The van der Waals surface area contributed by atoms with E-state index in [0.717, 1.165) is 12.0 Å². The SMILES string of the molecule is CN(CC(=O)C1CCOC1)Cc1ccc(F)cc1. The van der Waals surface area contributed by atoms with Crippen LogP contribution in [-0.4, -0.2) is 37.5 Å². The van der Waals surface area contributed by atoms with Crippen LogP contribution in [0.25, 0.3) is 0 Å². The lowest BCUT2D eigenvalue weighted by atomic mass is 10.0. The first-order valence-electron chi connectivity index (χ1n) is 6.18. The zero-order valence-corrected chi connectivity index (χ0v) is 10.6. The van der Waals surface area contributed by atoms with Gasteiger partial charge < -0.3 is 4.74 Å². The highest BCUT2D eigenvalue weighted by Crippen LogP contribution is 2.14. The largest absolute Gasteiger partial charge is 0.381 e. The molecule has 0 bridgehead atoms. The molecule has 0 radical (unpaired) electrons. The van der Waals surface area contributed by atoms with Crippen LogP contribution >= 0.6 is 0 Å². The molecule has 1 fully saturated rings. The number of benzene rings is 1. The molecule has 1 heterocycles. The molecular formula is C14H18FNO2. The van der Waals surface area contributed by atoms with Gasteiger partial charge in [-0.05, 0) is 31.2 Å². The summed E-state index contributed by atoms with van der Waals surface area (Å²) in [6.45, 7) is 2.33. The molecule has 4 heteroatoms. The van der Waals surface area contributed by atoms with E-state index >= 15 is 0 Å². The van der Waals surface area contributed by atoms with Crippen molar-refractivity contribution in [1.29, 1.82) is 0 Å². The van der Waals surface area contributed by atoms with E-state index in [4.69, 9.17) is 4.74 Å². The molecule has 0 aromatic heterocycles. The Morgan fingerprint density at radius 2 is 2.17 bits per heavy atom. The number of ketones is 1. The average molecular weight is 251 g/mol. The first kappa shape index (κ1) is 13.2. The standard InChI is InChI=1S/C14H18FNO2/c1-16(8-11-2-4-13(15)5-3-11)9-14(17)12-6-7-18-10-12/h2-5,12H,6-10H2,1H3. The van der Waals surface area contributed by atoms with Crippen LogP contribution in [0.4, 0.5) is 4.39 Å². The molecule has 0 N–H and O–H groups in total. The van der Waals surface area contributed by atoms with E-state index in [2.05, 4.69) is 0 Å². The molecule has 1 aromatic carbocycles. The quantitative estimate of drug-likeness (QED) is 0.800. The second-order valence-corrected chi connectivity index (χ2v) is 4.83. The van der Waals surface area contributed by atoms with E-state index < -0.39 is 0 Å². The molecule has 0 saturated carbocycles. The highest BCUT2D eigenvalue weighted by atomic mass is 19.1. The van der Waals surface area contributed by atoms with Gasteiger partial charge in [-0.25, -0.2) is 4.39 Å². The fraction of sp³-hybridized carbons (Fsp3) is 0.500. The number of halogens is 1. The zero-order chi connectivity index (χ0) is 13.0. The molecule has 18 heavy (non-hydrogen) atoms. The first-order valence-corrected chi connectivity index (χ1v) is 6.18. The van der Waals surface area contributed by atoms with Crippen molar-refractivity contribution in [3.8, 4) is 0 Å². The maximum absolute atomic E-state index is 12.8. The third-order valence-electron chi connectivity index (χ3n) is 3.18. The second kappa shape index (κ2) is 6.07. The van der Waals surface area contributed by atoms with E-state index in [-0.39, 0.29) is 17.5 Å². The van der Waals surface area contributed by atoms with Gasteiger partial charge >= 0.3 is 0 Å². The molecule has 1 unspecified atom stereocenters. The molecular weight excluding hydrogens is 233 g/mol. The van der Waals surface area contributed by atoms with Crippen molar-refractivity contribution in [2.24, 2.45) is 5.92 Å². The molecule has 2 rings (SSSR count). The van der Waals surface area contributed by atoms with Crippen LogP contribution in [0, 0.1) is 11.7 Å². The molecule has 0 aliphatic carbocycles. The summed E-state index contributed by atoms with van der Waals surface area (Å²) < 4.78 is 18.0. The Balaban J connectivity index is 1.82. The van der Waals surface area contributed by atoms with E-state index in [1.54, 1.807) is 12.1 Å². The van der Waals surface area contributed by atoms with Gasteiger partial charge in [-0.1, -0.05) is 12.1 Å². The lowest BCUT2D eigenvalue weighted by Gasteiger charge is -2.17. The summed E-state index contributed by atoms with van der Waals surface area (Å²) in [6, 6.07) is 6.37. The number of rotatable bonds is 5. The number of carbonyl (C=O) groups is 1. The third-order valence-corrected chi connectivity index (χ3v) is 3.18. The average Bonchev–Trinajstić information content (AvgIpc) is 2.85. The van der Waals surface area contributed by atoms with Crippen molar-refractivity contribution in [1.82, 2.24) is 4.90 Å². The predicted molar refractivity (Wildman–Crippen MR) is 66.7 cm³/mol. The predicted octanol–water partition coefficient (Wildman–Crippen LogP) is 1.86. The normalized spacial score (nSPS) is 19.4. The van der Waals surface area contributed by atoms with Crippen molar-refractivity contribution >= 4 is 5.78 Å². The smallest absolute Gasteiger partial charge is 0.152 e. The molecule has 98 valence electrons. The van der Waals surface area contributed by atoms with Crippen molar-refractivity contribution in [3.05, 3.63) is 35.6 Å². The van der Waals surface area contributed by atoms with E-state index in [1.165, 1.54) is 12.1 Å². The van der Waals surface area contributed by atoms with E-state index in [9.17, 15) is 9.18 Å². The molecule has 1 aliphatic heterocycles. The Kier molecular flexibility index (Phi) is 4.44. The number of likely N-dealkylation sites (N-methyl/N-ethyl adjacent to an activating group) is 1. The van der Waals surface area contributed by atoms with Crippen LogP contribution in [0.15, 0.2) is 24.3 Å². The number of ether oxygens (including phenoxy) is 1. The summed E-state index contributed by atoms with van der Waals surface area (Å²) >= 11 is 0. The fourth-order valence-electron chi connectivity index (χ4n) is 2.14. The maximum atomic E-state index is 12.8. The highest BCUT2D eigenvalue weighted by Gasteiger charge is 2.23. The van der Waals surface area contributed by atoms with Gasteiger partial charge in [-0.2, -0.15) is 0 Å². The molecule has 0 spiro atoms. The Bertz CT molecular complexity index is 399. The summed E-state index contributed by atoms with van der Waals surface area (Å²) in [6.07, 6.45) is 0.837. The van der Waals surface area contributed by atoms with Gasteiger partial charge in [0, 0.05) is 19.1 Å². The van der Waals surface area contributed by atoms with Gasteiger partial charge in [0.15, 0.2) is 5.78 Å². The molecule has 1 aromatic rings. The van der Waals surface area contributed by atoms with Crippen molar-refractivity contribution in [2.45, 2.75) is 13.0 Å². The van der Waals surface area contributed by atoms with Crippen LogP contribution < -0.4 is 0 Å². The number of carbonyl (C=O) groups excluding carboxylic acids is 1. The Morgan fingerprint density at radius 3 is 2.78 bits per heavy atom. The number of Topliss-reactive ketones (excluding diaryl/α,β-unsaturated/α-hetero) is 1. The van der Waals surface area contributed by atoms with Gasteiger partial charge in [0.2, 0.25) is 0 Å². The maximum Gasteiger partial charge on any atom is 0.152 e. The van der Waals surface area contributed by atoms with Crippen LogP contribution in [0.3, 0.4) is 0 Å². The van der Waals surface area contributed by atoms with Crippen LogP contribution in [0.2, 0.25) is 0 Å². The molecule has 1 aliphatic rings. The molecule has 1 atom stereocenters. The minimum absolute atomic E-state index is 0.0562. The van der Waals surface area contributed by atoms with Crippen LogP contribution in [0.5, 0.6) is 0 Å². The number of hydrogen-bond acceptors (Lipinski definition) is 3. The topological polar surface area (TPSA) is 29.5 Å². The molecule has 1 saturated heterocycles. The lowest BCUT2D eigenvalue weighted by Crippen LogP contribution is -2.30. The number of nitrogens with zero attached hydrogens (tertiary/aromatic N) is 1. The molecule has 0 amide bonds. The first-order chi connectivity index (χ1) is 8.65. The van der Waals surface area contributed by atoms with Crippen molar-refractivity contribution in [2.75, 3.05) is 26.8 Å². The van der Waals surface area contributed by atoms with E-state index in [0.29, 0.717) is 26.3 Å². The second-order valence-electron chi connectivity index (χ2n) is 4.83. The summed E-state index contributed by atoms with van der Waals surface area (Å²) in [5.74, 6) is 0.0540. The Morgan fingerprint density at radius 1 is 1.44 bits per heavy atom. The minimum Gasteiger partial charge on any atom is -0.381 e. The van der Waals surface area contributed by atoms with Crippen molar-refractivity contribution in [3.63, 3.8) is 0 Å². The Hall–Kier alpha value is -1.26. The van der Waals surface area contributed by atoms with Gasteiger partial charge in [-0.3, -0.25) is 9.69 Å². The summed E-state index contributed by atoms with van der Waals surface area (Å²) in [5.41, 5.74) is 1.01. The van der Waals surface area contributed by atoms with Gasteiger partial charge in [0.25, 0.3) is 0 Å². The zero-order valence-electron chi connectivity index (χ0n) is 10.6. The Labute approximate surface area is 107 Å². The summed E-state index contributed by atoms with van der Waals surface area (Å²) in [5, 5.41) is 0. The van der Waals surface area contributed by atoms with Gasteiger partial charge in [0.1, 0.15) is 5.82 Å². The minimum atomic E-state index is -0.236. The van der Waals surface area contributed by atoms with E-state index in [1.807, 2.05) is 11.9 Å². The number of hydrogen-bond donors (Lipinski definition) is 0. The molecule has 3 nitrogen and oxygen atoms in total. The van der Waals surface area contributed by atoms with Crippen LogP contribution in [-0.2, 0) is 16.1 Å². The lowest BCUT2D eigenvalue weighted by molar-refractivity contribution is -0.123. The van der Waals surface area contributed by atoms with Crippen LogP contribution in [0.1, 0.15) is 12.0 Å². The highest BCUT2D eigenvalue weighted by molar-refractivity contribution is 5.83. The monoisotopic (exact) mass is 251 g/mol. The summed E-state index contributed by atoms with van der Waals surface area (Å²) in [7, 11) is 1.90. The fourth-order valence-corrected chi connectivity index (χ4v) is 2.14. The van der Waals surface area contributed by atoms with Crippen molar-refractivity contribution < 1.29 is 13.9 Å².